The molecule has 0 aliphatic carbocycles. The van der Waals surface area contributed by atoms with Gasteiger partial charge in [0.05, 0.1) is 12.9 Å². The van der Waals surface area contributed by atoms with Gasteiger partial charge >= 0.3 is 18.0 Å². The molecule has 1 saturated heterocycles. The molecule has 0 unspecified atom stereocenters. The summed E-state index contributed by atoms with van der Waals surface area (Å²) in [5.41, 5.74) is 4.35. The fraction of sp³-hybridized carbons (Fsp3) is 0.710. The van der Waals surface area contributed by atoms with E-state index < -0.39 is 36.6 Å². The summed E-state index contributed by atoms with van der Waals surface area (Å²) in [5.74, 6) is 1.32. The lowest BCUT2D eigenvalue weighted by molar-refractivity contribution is -0.156. The molecule has 0 spiro atoms. The number of rotatable bonds is 20. The van der Waals surface area contributed by atoms with E-state index in [1.54, 1.807) is 0 Å². The van der Waals surface area contributed by atoms with Crippen LogP contribution in [-0.4, -0.2) is 61.5 Å². The number of aliphatic hydroxyl groups excluding tert-OH is 1. The van der Waals surface area contributed by atoms with Crippen molar-refractivity contribution >= 4 is 28.9 Å². The molecule has 2 aromatic rings. The number of aromatic nitrogens is 4. The van der Waals surface area contributed by atoms with E-state index in [-0.39, 0.29) is 48.6 Å². The van der Waals surface area contributed by atoms with Crippen molar-refractivity contribution in [2.45, 2.75) is 128 Å². The first-order valence-electron chi connectivity index (χ1n) is 15.6. The lowest BCUT2D eigenvalue weighted by Gasteiger charge is -2.26. The number of halogens is 1. The Hall–Kier alpha value is -3.30. The quantitative estimate of drug-likeness (QED) is 0.0899. The van der Waals surface area contributed by atoms with Crippen LogP contribution >= 0.6 is 0 Å². The molecule has 2 aromatic heterocycles. The molecule has 238 valence electrons. The number of esters is 2. The monoisotopic (exact) mass is 603 g/mol. The molecule has 3 N–H and O–H groups in total. The number of carbonyl (C=O) groups is 2. The van der Waals surface area contributed by atoms with E-state index in [2.05, 4.69) is 27.8 Å². The van der Waals surface area contributed by atoms with Gasteiger partial charge in [0.1, 0.15) is 18.9 Å². The van der Waals surface area contributed by atoms with Crippen LogP contribution in [0.4, 0.5) is 10.2 Å². The number of nitrogens with zero attached hydrogens (tertiary/aromatic N) is 4. The van der Waals surface area contributed by atoms with Crippen molar-refractivity contribution in [3.8, 4) is 12.3 Å². The Morgan fingerprint density at radius 3 is 2.28 bits per heavy atom. The molecule has 12 heteroatoms. The van der Waals surface area contributed by atoms with Crippen LogP contribution in [-0.2, 0) is 23.8 Å². The van der Waals surface area contributed by atoms with Crippen molar-refractivity contribution in [3.63, 3.8) is 0 Å². The first kappa shape index (κ1) is 34.2. The summed E-state index contributed by atoms with van der Waals surface area (Å²) in [6.07, 6.45) is 19.1. The van der Waals surface area contributed by atoms with Crippen LogP contribution in [0.3, 0.4) is 0 Å². The van der Waals surface area contributed by atoms with Gasteiger partial charge < -0.3 is 25.1 Å². The lowest BCUT2D eigenvalue weighted by atomic mass is 9.99. The Balaban J connectivity index is 1.27. The number of hydrogen-bond acceptors (Lipinski definition) is 10. The van der Waals surface area contributed by atoms with Crippen LogP contribution < -0.4 is 5.73 Å². The van der Waals surface area contributed by atoms with Crippen LogP contribution in [0.2, 0.25) is 0 Å². The minimum Gasteiger partial charge on any atom is -0.466 e. The summed E-state index contributed by atoms with van der Waals surface area (Å²) in [6, 6.07) is 0. The van der Waals surface area contributed by atoms with Gasteiger partial charge in [-0.15, -0.1) is 6.42 Å². The van der Waals surface area contributed by atoms with Crippen molar-refractivity contribution in [1.29, 1.82) is 0 Å². The van der Waals surface area contributed by atoms with E-state index in [1.165, 1.54) is 68.7 Å². The third-order valence-electron chi connectivity index (χ3n) is 7.76. The standard InChI is InChI=1S/C31H46FN5O6/c1-3-5-6-7-8-9-10-11-12-13-14-15-19-41-25(39)17-16-18-26(40)42-21-31(4-2)23(38)20-24(43-31)37-22-34-27-28(33)35-30(32)36-29(27)37/h2,22-24,38H,3,5-21H2,1H3,(H2,33,35,36)/t23-,24+,31+/m0/s1. The van der Waals surface area contributed by atoms with E-state index in [0.717, 1.165) is 19.3 Å². The van der Waals surface area contributed by atoms with Crippen LogP contribution in [0.15, 0.2) is 6.33 Å². The van der Waals surface area contributed by atoms with E-state index in [9.17, 15) is 19.1 Å². The highest BCUT2D eigenvalue weighted by molar-refractivity contribution is 5.81. The van der Waals surface area contributed by atoms with E-state index in [0.29, 0.717) is 6.61 Å². The largest absolute Gasteiger partial charge is 0.466 e. The van der Waals surface area contributed by atoms with Crippen LogP contribution in [0.25, 0.3) is 11.2 Å². The Bertz CT molecular complexity index is 1220. The molecule has 3 heterocycles. The van der Waals surface area contributed by atoms with Crippen molar-refractivity contribution in [2.75, 3.05) is 18.9 Å². The average Bonchev–Trinajstić information content (AvgIpc) is 3.55. The molecule has 1 aliphatic heterocycles. The number of unbranched alkanes of at least 4 members (excludes halogenated alkanes) is 11. The van der Waals surface area contributed by atoms with Crippen LogP contribution in [0.5, 0.6) is 0 Å². The van der Waals surface area contributed by atoms with E-state index in [1.807, 2.05) is 0 Å². The first-order valence-corrected chi connectivity index (χ1v) is 15.6. The Morgan fingerprint density at radius 1 is 1.05 bits per heavy atom. The van der Waals surface area contributed by atoms with Gasteiger partial charge in [0, 0.05) is 19.3 Å². The molecule has 43 heavy (non-hydrogen) atoms. The summed E-state index contributed by atoms with van der Waals surface area (Å²) in [7, 11) is 0. The van der Waals surface area contributed by atoms with Gasteiger partial charge in [0.25, 0.3) is 0 Å². The lowest BCUT2D eigenvalue weighted by Crippen LogP contribution is -2.43. The van der Waals surface area contributed by atoms with E-state index >= 15 is 0 Å². The number of ether oxygens (including phenoxy) is 3. The van der Waals surface area contributed by atoms with Gasteiger partial charge in [-0.3, -0.25) is 14.2 Å². The second kappa shape index (κ2) is 17.7. The normalized spacial score (nSPS) is 19.9. The van der Waals surface area contributed by atoms with Crippen molar-refractivity contribution in [1.82, 2.24) is 19.5 Å². The fourth-order valence-electron chi connectivity index (χ4n) is 5.18. The number of imidazole rings is 1. The maximum absolute atomic E-state index is 13.7. The highest BCUT2D eigenvalue weighted by atomic mass is 19.1. The second-order valence-corrected chi connectivity index (χ2v) is 11.2. The fourth-order valence-corrected chi connectivity index (χ4v) is 5.18. The maximum atomic E-state index is 13.7. The third-order valence-corrected chi connectivity index (χ3v) is 7.76. The van der Waals surface area contributed by atoms with Gasteiger partial charge in [-0.2, -0.15) is 14.4 Å². The van der Waals surface area contributed by atoms with Crippen LogP contribution in [0, 0.1) is 18.4 Å². The molecule has 3 atom stereocenters. The number of fused-ring (bicyclic) bond motifs is 1. The zero-order valence-corrected chi connectivity index (χ0v) is 25.3. The topological polar surface area (TPSA) is 152 Å². The SMILES string of the molecule is C#C[C@]1(COC(=O)CCCC(=O)OCCCCCCCCCCCCCC)O[C@@H](n2cnc3c(N)nc(F)nc32)C[C@@H]1O. The summed E-state index contributed by atoms with van der Waals surface area (Å²) < 4.78 is 31.6. The third kappa shape index (κ3) is 10.4. The zero-order valence-electron chi connectivity index (χ0n) is 25.3. The number of carbonyl (C=O) groups excluding carboxylic acids is 2. The second-order valence-electron chi connectivity index (χ2n) is 11.2. The van der Waals surface area contributed by atoms with Crippen molar-refractivity contribution < 1.29 is 33.3 Å². The average molecular weight is 604 g/mol. The number of aliphatic hydroxyl groups is 1. The zero-order chi connectivity index (χ0) is 31.1. The predicted molar refractivity (Wildman–Crippen MR) is 159 cm³/mol. The number of nitrogens with two attached hydrogens (primary N) is 1. The molecule has 0 aromatic carbocycles. The summed E-state index contributed by atoms with van der Waals surface area (Å²) in [4.78, 5) is 35.6. The predicted octanol–water partition coefficient (Wildman–Crippen LogP) is 5.16. The minimum atomic E-state index is -1.62. The molecular formula is C31H46FN5O6. The number of anilines is 1. The molecule has 3 rings (SSSR count). The Labute approximate surface area is 253 Å². The molecule has 1 aliphatic rings. The molecule has 0 saturated carbocycles. The number of hydrogen-bond donors (Lipinski definition) is 2. The summed E-state index contributed by atoms with van der Waals surface area (Å²) >= 11 is 0. The molecule has 11 nitrogen and oxygen atoms in total. The Kier molecular flexibility index (Phi) is 14.1. The van der Waals surface area contributed by atoms with Crippen LogP contribution in [0.1, 0.15) is 116 Å². The van der Waals surface area contributed by atoms with Crippen molar-refractivity contribution in [3.05, 3.63) is 12.4 Å². The molecule has 0 bridgehead atoms. The molecule has 1 fully saturated rings. The minimum absolute atomic E-state index is 0.0176. The maximum Gasteiger partial charge on any atom is 0.312 e. The van der Waals surface area contributed by atoms with Crippen molar-refractivity contribution in [2.24, 2.45) is 0 Å². The highest BCUT2D eigenvalue weighted by Crippen LogP contribution is 2.38. The van der Waals surface area contributed by atoms with Gasteiger partial charge in [-0.1, -0.05) is 83.5 Å². The smallest absolute Gasteiger partial charge is 0.312 e. The molecular weight excluding hydrogens is 557 g/mol. The summed E-state index contributed by atoms with van der Waals surface area (Å²) in [6.45, 7) is 2.22. The van der Waals surface area contributed by atoms with E-state index in [4.69, 9.17) is 26.4 Å². The van der Waals surface area contributed by atoms with Gasteiger partial charge in [0.15, 0.2) is 22.6 Å². The highest BCUT2D eigenvalue weighted by Gasteiger charge is 2.49. The van der Waals surface area contributed by atoms with Gasteiger partial charge in [-0.25, -0.2) is 4.98 Å². The van der Waals surface area contributed by atoms with Gasteiger partial charge in [-0.05, 0) is 12.8 Å². The van der Waals surface area contributed by atoms with Gasteiger partial charge in [0.2, 0.25) is 0 Å². The number of nitrogen functional groups attached to an aromatic ring is 1. The summed E-state index contributed by atoms with van der Waals surface area (Å²) in [5, 5.41) is 10.7. The number of terminal acetylenes is 1. The molecule has 0 amide bonds. The molecule has 0 radical (unpaired) electrons. The Morgan fingerprint density at radius 2 is 1.65 bits per heavy atom. The first-order chi connectivity index (χ1) is 20.8.